The summed E-state index contributed by atoms with van der Waals surface area (Å²) in [4.78, 5) is 4.57. The van der Waals surface area contributed by atoms with E-state index in [4.69, 9.17) is 11.6 Å². The minimum absolute atomic E-state index is 0.0672. The van der Waals surface area contributed by atoms with Crippen molar-refractivity contribution in [1.29, 1.82) is 0 Å². The van der Waals surface area contributed by atoms with Gasteiger partial charge < -0.3 is 4.57 Å². The van der Waals surface area contributed by atoms with E-state index in [0.717, 1.165) is 21.3 Å². The summed E-state index contributed by atoms with van der Waals surface area (Å²) in [6, 6.07) is 5.76. The van der Waals surface area contributed by atoms with Crippen LogP contribution in [0.1, 0.15) is 30.6 Å². The third-order valence-electron chi connectivity index (χ3n) is 3.61. The Morgan fingerprint density at radius 3 is 2.85 bits per heavy atom. The lowest BCUT2D eigenvalue weighted by molar-refractivity contribution is 0.545. The fraction of sp³-hybridized carbons (Fsp3) is 0.462. The highest BCUT2D eigenvalue weighted by Crippen LogP contribution is 2.34. The zero-order chi connectivity index (χ0) is 14.5. The summed E-state index contributed by atoms with van der Waals surface area (Å²) in [6.45, 7) is 1.86. The van der Waals surface area contributed by atoms with Gasteiger partial charge in [-0.15, -0.1) is 11.6 Å². The van der Waals surface area contributed by atoms with Crippen LogP contribution < -0.4 is 0 Å². The van der Waals surface area contributed by atoms with Crippen LogP contribution in [0.15, 0.2) is 22.7 Å². The van der Waals surface area contributed by atoms with Crippen LogP contribution in [0, 0.1) is 0 Å². The summed E-state index contributed by atoms with van der Waals surface area (Å²) in [5.74, 6) is 1.15. The first-order chi connectivity index (χ1) is 9.37. The minimum Gasteiger partial charge on any atom is -0.323 e. The molecule has 0 N–H and O–H groups in total. The van der Waals surface area contributed by atoms with Gasteiger partial charge in [0.15, 0.2) is 9.84 Å². The van der Waals surface area contributed by atoms with Crippen molar-refractivity contribution in [3.05, 3.63) is 28.5 Å². The number of benzene rings is 1. The van der Waals surface area contributed by atoms with Crippen LogP contribution in [-0.4, -0.2) is 29.5 Å². The molecule has 20 heavy (non-hydrogen) atoms. The molecule has 2 heterocycles. The highest BCUT2D eigenvalue weighted by Gasteiger charge is 2.32. The summed E-state index contributed by atoms with van der Waals surface area (Å²) >= 11 is 9.65. The van der Waals surface area contributed by atoms with Gasteiger partial charge in [-0.05, 0) is 31.5 Å². The summed E-state index contributed by atoms with van der Waals surface area (Å²) < 4.78 is 26.4. The molecule has 3 rings (SSSR count). The number of aromatic nitrogens is 2. The standard InChI is InChI=1S/C13H14BrClN2O2S/c1-8(15)13-16-11-6-9(14)2-3-12(11)17(13)10-4-5-20(18,19)7-10/h2-3,6,8,10H,4-5,7H2,1H3. The van der Waals surface area contributed by atoms with E-state index in [9.17, 15) is 8.42 Å². The van der Waals surface area contributed by atoms with Gasteiger partial charge in [0.1, 0.15) is 5.82 Å². The van der Waals surface area contributed by atoms with E-state index in [1.807, 2.05) is 29.7 Å². The van der Waals surface area contributed by atoms with Gasteiger partial charge >= 0.3 is 0 Å². The van der Waals surface area contributed by atoms with Crippen molar-refractivity contribution in [3.8, 4) is 0 Å². The monoisotopic (exact) mass is 376 g/mol. The molecule has 0 saturated carbocycles. The molecule has 2 aromatic rings. The molecule has 4 nitrogen and oxygen atoms in total. The lowest BCUT2D eigenvalue weighted by atomic mass is 10.2. The minimum atomic E-state index is -2.94. The van der Waals surface area contributed by atoms with Gasteiger partial charge in [-0.3, -0.25) is 0 Å². The first-order valence-corrected chi connectivity index (χ1v) is 9.44. The number of hydrogen-bond donors (Lipinski definition) is 0. The van der Waals surface area contributed by atoms with Gasteiger partial charge in [-0.1, -0.05) is 15.9 Å². The molecule has 1 aromatic carbocycles. The number of hydrogen-bond acceptors (Lipinski definition) is 3. The Morgan fingerprint density at radius 1 is 1.50 bits per heavy atom. The Bertz CT molecular complexity index is 770. The molecule has 2 atom stereocenters. The molecule has 7 heteroatoms. The number of halogens is 2. The molecule has 0 amide bonds. The Morgan fingerprint density at radius 2 is 2.25 bits per heavy atom. The molecule has 0 spiro atoms. The summed E-state index contributed by atoms with van der Waals surface area (Å²) in [5.41, 5.74) is 1.78. The number of sulfone groups is 1. The van der Waals surface area contributed by atoms with E-state index in [2.05, 4.69) is 20.9 Å². The van der Waals surface area contributed by atoms with Gasteiger partial charge in [0.25, 0.3) is 0 Å². The lowest BCUT2D eigenvalue weighted by Crippen LogP contribution is -2.14. The van der Waals surface area contributed by atoms with Gasteiger partial charge in [-0.2, -0.15) is 0 Å². The normalized spacial score (nSPS) is 23.2. The van der Waals surface area contributed by atoms with Crippen LogP contribution in [0.2, 0.25) is 0 Å². The predicted molar refractivity (Wildman–Crippen MR) is 84.0 cm³/mol. The van der Waals surface area contributed by atoms with Crippen molar-refractivity contribution in [3.63, 3.8) is 0 Å². The average molecular weight is 378 g/mol. The Kier molecular flexibility index (Phi) is 3.59. The number of rotatable bonds is 2. The maximum Gasteiger partial charge on any atom is 0.152 e. The molecule has 2 unspecified atom stereocenters. The van der Waals surface area contributed by atoms with Crippen molar-refractivity contribution < 1.29 is 8.42 Å². The highest BCUT2D eigenvalue weighted by molar-refractivity contribution is 9.10. The molecule has 108 valence electrons. The number of fused-ring (bicyclic) bond motifs is 1. The SMILES string of the molecule is CC(Cl)c1nc2cc(Br)ccc2n1C1CCS(=O)(=O)C1. The molecule has 0 bridgehead atoms. The van der Waals surface area contributed by atoms with Crippen molar-refractivity contribution in [1.82, 2.24) is 9.55 Å². The fourth-order valence-corrected chi connectivity index (χ4v) is 4.94. The second-order valence-corrected chi connectivity index (χ2v) is 8.94. The van der Waals surface area contributed by atoms with Crippen LogP contribution in [-0.2, 0) is 9.84 Å². The molecule has 1 fully saturated rings. The van der Waals surface area contributed by atoms with Crippen LogP contribution in [0.4, 0.5) is 0 Å². The van der Waals surface area contributed by atoms with Gasteiger partial charge in [0, 0.05) is 4.47 Å². The highest BCUT2D eigenvalue weighted by atomic mass is 79.9. The third-order valence-corrected chi connectivity index (χ3v) is 6.05. The zero-order valence-electron chi connectivity index (χ0n) is 10.9. The summed E-state index contributed by atoms with van der Waals surface area (Å²) in [7, 11) is -2.94. The summed E-state index contributed by atoms with van der Waals surface area (Å²) in [5, 5.41) is -0.260. The van der Waals surface area contributed by atoms with E-state index in [0.29, 0.717) is 6.42 Å². The van der Waals surface area contributed by atoms with Crippen LogP contribution in [0.5, 0.6) is 0 Å². The van der Waals surface area contributed by atoms with Gasteiger partial charge in [0.05, 0.1) is 34.0 Å². The maximum atomic E-state index is 11.7. The van der Waals surface area contributed by atoms with Crippen molar-refractivity contribution in [2.75, 3.05) is 11.5 Å². The second kappa shape index (κ2) is 5.00. The van der Waals surface area contributed by atoms with Crippen LogP contribution >= 0.6 is 27.5 Å². The first kappa shape index (κ1) is 14.4. The van der Waals surface area contributed by atoms with Gasteiger partial charge in [-0.25, -0.2) is 13.4 Å². The van der Waals surface area contributed by atoms with Crippen molar-refractivity contribution in [2.24, 2.45) is 0 Å². The Labute approximate surface area is 131 Å². The molecule has 1 saturated heterocycles. The maximum absolute atomic E-state index is 11.7. The van der Waals surface area contributed by atoms with Crippen molar-refractivity contribution >= 4 is 48.4 Å². The van der Waals surface area contributed by atoms with Gasteiger partial charge in [0.2, 0.25) is 0 Å². The first-order valence-electron chi connectivity index (χ1n) is 6.39. The fourth-order valence-electron chi connectivity index (χ4n) is 2.73. The Balaban J connectivity index is 2.19. The second-order valence-electron chi connectivity index (χ2n) is 5.15. The van der Waals surface area contributed by atoms with E-state index in [1.54, 1.807) is 0 Å². The molecular formula is C13H14BrClN2O2S. The van der Waals surface area contributed by atoms with E-state index in [1.165, 1.54) is 0 Å². The average Bonchev–Trinajstić information content (AvgIpc) is 2.88. The molecule has 0 aliphatic carbocycles. The number of alkyl halides is 1. The van der Waals surface area contributed by atoms with E-state index in [-0.39, 0.29) is 22.9 Å². The molecule has 1 aliphatic rings. The van der Waals surface area contributed by atoms with Crippen molar-refractivity contribution in [2.45, 2.75) is 24.8 Å². The third kappa shape index (κ3) is 2.49. The Hall–Kier alpha value is -0.590. The molecule has 1 aliphatic heterocycles. The predicted octanol–water partition coefficient (Wildman–Crippen LogP) is 3.46. The quantitative estimate of drug-likeness (QED) is 0.753. The molecular weight excluding hydrogens is 364 g/mol. The molecule has 0 radical (unpaired) electrons. The lowest BCUT2D eigenvalue weighted by Gasteiger charge is -2.16. The smallest absolute Gasteiger partial charge is 0.152 e. The van der Waals surface area contributed by atoms with Crippen LogP contribution in [0.25, 0.3) is 11.0 Å². The van der Waals surface area contributed by atoms with Crippen LogP contribution in [0.3, 0.4) is 0 Å². The topological polar surface area (TPSA) is 52.0 Å². The van der Waals surface area contributed by atoms with E-state index >= 15 is 0 Å². The van der Waals surface area contributed by atoms with E-state index < -0.39 is 9.84 Å². The summed E-state index contributed by atoms with van der Waals surface area (Å²) in [6.07, 6.45) is 0.625. The largest absolute Gasteiger partial charge is 0.323 e. The number of nitrogens with zero attached hydrogens (tertiary/aromatic N) is 2. The number of imidazole rings is 1. The molecule has 1 aromatic heterocycles. The zero-order valence-corrected chi connectivity index (χ0v) is 14.0.